The fourth-order valence-corrected chi connectivity index (χ4v) is 2.62. The number of rotatable bonds is 3. The molecular formula is C12H10Cl2N2S. The molecule has 1 aromatic heterocycles. The summed E-state index contributed by atoms with van der Waals surface area (Å²) in [7, 11) is 0. The van der Waals surface area contributed by atoms with Crippen molar-refractivity contribution in [1.82, 2.24) is 9.97 Å². The Morgan fingerprint density at radius 2 is 1.76 bits per heavy atom. The van der Waals surface area contributed by atoms with E-state index in [1.165, 1.54) is 16.8 Å². The number of aromatic nitrogens is 2. The van der Waals surface area contributed by atoms with Crippen LogP contribution in [0.3, 0.4) is 0 Å². The highest BCUT2D eigenvalue weighted by atomic mass is 35.5. The smallest absolute Gasteiger partial charge is 0.137 e. The highest BCUT2D eigenvalue weighted by Crippen LogP contribution is 2.27. The summed E-state index contributed by atoms with van der Waals surface area (Å²) in [5, 5.41) is 0.835. The fraction of sp³-hybridized carbons (Fsp3) is 0.167. The Morgan fingerprint density at radius 3 is 2.41 bits per heavy atom. The maximum absolute atomic E-state index is 6.03. The summed E-state index contributed by atoms with van der Waals surface area (Å²) in [4.78, 5) is 9.12. The van der Waals surface area contributed by atoms with E-state index in [2.05, 4.69) is 22.1 Å². The monoisotopic (exact) mass is 284 g/mol. The maximum Gasteiger partial charge on any atom is 0.137 e. The molecule has 0 unspecified atom stereocenters. The number of nitrogens with zero attached hydrogens (tertiary/aromatic N) is 2. The van der Waals surface area contributed by atoms with Crippen LogP contribution in [0.1, 0.15) is 11.1 Å². The molecule has 0 aliphatic carbocycles. The summed E-state index contributed by atoms with van der Waals surface area (Å²) < 4.78 is 0. The van der Waals surface area contributed by atoms with Crippen molar-refractivity contribution in [2.24, 2.45) is 0 Å². The summed E-state index contributed by atoms with van der Waals surface area (Å²) in [6.07, 6.45) is 4.06. The topological polar surface area (TPSA) is 25.8 Å². The zero-order chi connectivity index (χ0) is 12.3. The molecule has 0 bridgehead atoms. The molecule has 0 fully saturated rings. The van der Waals surface area contributed by atoms with Gasteiger partial charge in [0.15, 0.2) is 0 Å². The van der Waals surface area contributed by atoms with E-state index in [0.29, 0.717) is 16.7 Å². The molecule has 0 saturated carbocycles. The minimum atomic E-state index is 0.418. The van der Waals surface area contributed by atoms with Crippen LogP contribution in [0.2, 0.25) is 10.3 Å². The lowest BCUT2D eigenvalue weighted by atomic mass is 10.1. The second-order valence-electron chi connectivity index (χ2n) is 3.42. The molecule has 0 amide bonds. The summed E-state index contributed by atoms with van der Waals surface area (Å²) in [6, 6.07) is 8.15. The van der Waals surface area contributed by atoms with Crippen molar-refractivity contribution in [2.75, 3.05) is 6.26 Å². The van der Waals surface area contributed by atoms with Crippen LogP contribution in [0, 0.1) is 0 Å². The molecule has 0 aliphatic rings. The Morgan fingerprint density at radius 1 is 1.12 bits per heavy atom. The van der Waals surface area contributed by atoms with Crippen LogP contribution >= 0.6 is 35.0 Å². The first kappa shape index (κ1) is 12.7. The van der Waals surface area contributed by atoms with Crippen LogP contribution in [0.4, 0.5) is 0 Å². The molecule has 5 heteroatoms. The molecule has 0 aliphatic heterocycles. The molecule has 2 rings (SSSR count). The van der Waals surface area contributed by atoms with Gasteiger partial charge < -0.3 is 0 Å². The molecule has 0 atom stereocenters. The molecule has 0 radical (unpaired) electrons. The van der Waals surface area contributed by atoms with Crippen molar-refractivity contribution in [2.45, 2.75) is 11.3 Å². The van der Waals surface area contributed by atoms with Crippen LogP contribution in [0.15, 0.2) is 35.5 Å². The highest BCUT2D eigenvalue weighted by Gasteiger charge is 2.10. The average Bonchev–Trinajstić information content (AvgIpc) is 2.34. The predicted molar refractivity (Wildman–Crippen MR) is 73.1 cm³/mol. The minimum Gasteiger partial charge on any atom is -0.224 e. The molecule has 88 valence electrons. The normalized spacial score (nSPS) is 10.5. The van der Waals surface area contributed by atoms with E-state index in [1.54, 1.807) is 11.8 Å². The highest BCUT2D eigenvalue weighted by molar-refractivity contribution is 7.98. The van der Waals surface area contributed by atoms with Gasteiger partial charge in [0.05, 0.1) is 0 Å². The summed E-state index contributed by atoms with van der Waals surface area (Å²) in [6.45, 7) is 0. The first-order valence-electron chi connectivity index (χ1n) is 4.99. The van der Waals surface area contributed by atoms with E-state index >= 15 is 0 Å². The molecule has 0 spiro atoms. The Balaban J connectivity index is 2.38. The van der Waals surface area contributed by atoms with Gasteiger partial charge in [-0.25, -0.2) is 9.97 Å². The average molecular weight is 285 g/mol. The van der Waals surface area contributed by atoms with Crippen molar-refractivity contribution in [3.05, 3.63) is 52.0 Å². The Hall–Kier alpha value is -0.770. The third-order valence-electron chi connectivity index (χ3n) is 2.40. The van der Waals surface area contributed by atoms with Crippen molar-refractivity contribution < 1.29 is 0 Å². The largest absolute Gasteiger partial charge is 0.224 e. The van der Waals surface area contributed by atoms with E-state index in [9.17, 15) is 0 Å². The zero-order valence-electron chi connectivity index (χ0n) is 9.15. The quantitative estimate of drug-likeness (QED) is 0.627. The third-order valence-corrected chi connectivity index (χ3v) is 3.89. The molecular weight excluding hydrogens is 275 g/mol. The van der Waals surface area contributed by atoms with Crippen LogP contribution in [0.5, 0.6) is 0 Å². The van der Waals surface area contributed by atoms with Gasteiger partial charge in [-0.05, 0) is 17.9 Å². The lowest BCUT2D eigenvalue weighted by Gasteiger charge is -2.08. The number of halogens is 2. The lowest BCUT2D eigenvalue weighted by Crippen LogP contribution is -1.96. The molecule has 2 nitrogen and oxygen atoms in total. The van der Waals surface area contributed by atoms with Crippen molar-refractivity contribution in [3.63, 3.8) is 0 Å². The van der Waals surface area contributed by atoms with Crippen molar-refractivity contribution in [3.8, 4) is 0 Å². The third kappa shape index (κ3) is 2.92. The van der Waals surface area contributed by atoms with Gasteiger partial charge in [-0.1, -0.05) is 41.4 Å². The molecule has 1 heterocycles. The fourth-order valence-electron chi connectivity index (χ4n) is 1.56. The van der Waals surface area contributed by atoms with E-state index in [0.717, 1.165) is 5.56 Å². The van der Waals surface area contributed by atoms with Crippen LogP contribution < -0.4 is 0 Å². The number of hydrogen-bond acceptors (Lipinski definition) is 3. The second-order valence-corrected chi connectivity index (χ2v) is 4.99. The van der Waals surface area contributed by atoms with E-state index in [1.807, 2.05) is 18.4 Å². The Kier molecular flexibility index (Phi) is 4.26. The van der Waals surface area contributed by atoms with Gasteiger partial charge in [0.25, 0.3) is 0 Å². The van der Waals surface area contributed by atoms with Gasteiger partial charge in [-0.2, -0.15) is 0 Å². The van der Waals surface area contributed by atoms with Crippen LogP contribution in [-0.4, -0.2) is 16.2 Å². The number of thioether (sulfide) groups is 1. The number of hydrogen-bond donors (Lipinski definition) is 0. The molecule has 1 aromatic carbocycles. The molecule has 17 heavy (non-hydrogen) atoms. The molecule has 0 N–H and O–H groups in total. The van der Waals surface area contributed by atoms with Crippen LogP contribution in [-0.2, 0) is 6.42 Å². The van der Waals surface area contributed by atoms with Gasteiger partial charge in [0.2, 0.25) is 0 Å². The first-order valence-corrected chi connectivity index (χ1v) is 6.97. The van der Waals surface area contributed by atoms with E-state index in [-0.39, 0.29) is 0 Å². The van der Waals surface area contributed by atoms with E-state index in [4.69, 9.17) is 23.2 Å². The number of benzene rings is 1. The standard InChI is InChI=1S/C12H10Cl2N2S/c1-17-10-5-3-2-4-8(10)6-9-11(13)15-7-16-12(9)14/h2-5,7H,6H2,1H3. The van der Waals surface area contributed by atoms with Gasteiger partial charge in [0.1, 0.15) is 16.6 Å². The first-order chi connectivity index (χ1) is 8.22. The zero-order valence-corrected chi connectivity index (χ0v) is 11.5. The predicted octanol–water partition coefficient (Wildman–Crippen LogP) is 4.10. The Bertz CT molecular complexity index is 511. The molecule has 0 saturated heterocycles. The second kappa shape index (κ2) is 5.71. The molecule has 2 aromatic rings. The Labute approximate surface area is 114 Å². The van der Waals surface area contributed by atoms with Gasteiger partial charge >= 0.3 is 0 Å². The summed E-state index contributed by atoms with van der Waals surface area (Å²) in [5.41, 5.74) is 1.95. The lowest BCUT2D eigenvalue weighted by molar-refractivity contribution is 1.05. The van der Waals surface area contributed by atoms with Gasteiger partial charge in [0, 0.05) is 16.9 Å². The van der Waals surface area contributed by atoms with Crippen molar-refractivity contribution >= 4 is 35.0 Å². The van der Waals surface area contributed by atoms with Gasteiger partial charge in [-0.15, -0.1) is 11.8 Å². The summed E-state index contributed by atoms with van der Waals surface area (Å²) >= 11 is 13.8. The van der Waals surface area contributed by atoms with E-state index < -0.39 is 0 Å². The van der Waals surface area contributed by atoms with Crippen LogP contribution in [0.25, 0.3) is 0 Å². The minimum absolute atomic E-state index is 0.418. The summed E-state index contributed by atoms with van der Waals surface area (Å²) in [5.74, 6) is 0. The van der Waals surface area contributed by atoms with Gasteiger partial charge in [-0.3, -0.25) is 0 Å². The van der Waals surface area contributed by atoms with Crippen molar-refractivity contribution in [1.29, 1.82) is 0 Å². The SMILES string of the molecule is CSc1ccccc1Cc1c(Cl)ncnc1Cl. The maximum atomic E-state index is 6.03.